The zero-order chi connectivity index (χ0) is 22.8. The van der Waals surface area contributed by atoms with Gasteiger partial charge in [-0.2, -0.15) is 5.26 Å². The van der Waals surface area contributed by atoms with Gasteiger partial charge in [-0.1, -0.05) is 34.1 Å². The number of rotatable bonds is 8. The Morgan fingerprint density at radius 2 is 2.00 bits per heavy atom. The molecule has 3 aromatic rings. The molecule has 0 spiro atoms. The zero-order valence-corrected chi connectivity index (χ0v) is 20.3. The van der Waals surface area contributed by atoms with Gasteiger partial charge in [-0.3, -0.25) is 0 Å². The number of thiophene rings is 1. The van der Waals surface area contributed by atoms with Crippen LogP contribution in [0.5, 0.6) is 0 Å². The van der Waals surface area contributed by atoms with Gasteiger partial charge in [0.1, 0.15) is 21.0 Å². The summed E-state index contributed by atoms with van der Waals surface area (Å²) >= 11 is 0.985. The third kappa shape index (κ3) is 4.84. The van der Waals surface area contributed by atoms with Crippen LogP contribution >= 0.6 is 11.3 Å². The Morgan fingerprint density at radius 1 is 1.26 bits per heavy atom. The molecule has 8 heteroatoms. The van der Waals surface area contributed by atoms with Gasteiger partial charge in [0.15, 0.2) is 0 Å². The molecule has 166 valence electrons. The van der Waals surface area contributed by atoms with Gasteiger partial charge in [-0.15, -0.1) is 11.3 Å². The van der Waals surface area contributed by atoms with Crippen LogP contribution in [0.25, 0.3) is 11.0 Å². The van der Waals surface area contributed by atoms with Crippen LogP contribution in [-0.4, -0.2) is 31.7 Å². The number of ether oxygens (including phenoxy) is 1. The smallest absolute Gasteiger partial charge is 0.216 e. The normalized spacial score (nSPS) is 13.4. The molecule has 3 rings (SSSR count). The number of nitriles is 1. The Labute approximate surface area is 188 Å². The van der Waals surface area contributed by atoms with Crippen LogP contribution in [-0.2, 0) is 26.5 Å². The number of methoxy groups -OCH3 is 1. The SMILES string of the molecule is CCC(CCOC)Cn1c(C(C)(C)C)nc2cc(S(=O)(=O)c3ccc(C#N)s3)ccc21. The molecule has 1 atom stereocenters. The highest BCUT2D eigenvalue weighted by Gasteiger charge is 2.26. The van der Waals surface area contributed by atoms with Crippen LogP contribution < -0.4 is 0 Å². The van der Waals surface area contributed by atoms with Gasteiger partial charge in [-0.05, 0) is 42.7 Å². The number of sulfone groups is 1. The Bertz CT molecular complexity index is 1210. The van der Waals surface area contributed by atoms with E-state index in [4.69, 9.17) is 15.0 Å². The Hall–Kier alpha value is -2.21. The maximum absolute atomic E-state index is 13.1. The van der Waals surface area contributed by atoms with Gasteiger partial charge in [0.2, 0.25) is 9.84 Å². The molecule has 0 aliphatic carbocycles. The quantitative estimate of drug-likeness (QED) is 0.464. The predicted octanol–water partition coefficient (Wildman–Crippen LogP) is 5.16. The minimum absolute atomic E-state index is 0.171. The third-order valence-electron chi connectivity index (χ3n) is 5.41. The number of benzene rings is 1. The molecule has 0 saturated carbocycles. The monoisotopic (exact) mass is 459 g/mol. The predicted molar refractivity (Wildman–Crippen MR) is 123 cm³/mol. The van der Waals surface area contributed by atoms with Crippen molar-refractivity contribution in [1.82, 2.24) is 9.55 Å². The first-order valence-corrected chi connectivity index (χ1v) is 12.7. The lowest BCUT2D eigenvalue weighted by molar-refractivity contribution is 0.171. The highest BCUT2D eigenvalue weighted by atomic mass is 32.2. The van der Waals surface area contributed by atoms with E-state index >= 15 is 0 Å². The summed E-state index contributed by atoms with van der Waals surface area (Å²) < 4.78 is 33.9. The molecule has 0 radical (unpaired) electrons. The van der Waals surface area contributed by atoms with E-state index in [1.807, 2.05) is 12.1 Å². The van der Waals surface area contributed by atoms with Gasteiger partial charge in [0, 0.05) is 25.7 Å². The summed E-state index contributed by atoms with van der Waals surface area (Å²) in [6, 6.07) is 10.2. The van der Waals surface area contributed by atoms with Crippen molar-refractivity contribution in [1.29, 1.82) is 5.26 Å². The average Bonchev–Trinajstić information content (AvgIpc) is 3.35. The maximum atomic E-state index is 13.1. The number of imidazole rings is 1. The first-order chi connectivity index (χ1) is 14.6. The van der Waals surface area contributed by atoms with E-state index < -0.39 is 9.84 Å². The molecule has 0 N–H and O–H groups in total. The molecule has 0 aliphatic heterocycles. The standard InChI is InChI=1S/C23H29N3O3S2/c1-6-16(11-12-29-5)15-26-20-9-8-18(13-19(20)25-22(26)23(2,3)4)31(27,28)21-10-7-17(14-24)30-21/h7-10,13,16H,6,11-12,15H2,1-5H3. The Kier molecular flexibility index (Phi) is 6.89. The van der Waals surface area contributed by atoms with Gasteiger partial charge in [0.05, 0.1) is 15.9 Å². The van der Waals surface area contributed by atoms with Gasteiger partial charge >= 0.3 is 0 Å². The second-order valence-corrected chi connectivity index (χ2v) is 12.0. The van der Waals surface area contributed by atoms with Crippen molar-refractivity contribution in [2.75, 3.05) is 13.7 Å². The molecule has 2 heterocycles. The topological polar surface area (TPSA) is 85.0 Å². The van der Waals surface area contributed by atoms with Crippen LogP contribution in [0.1, 0.15) is 51.2 Å². The van der Waals surface area contributed by atoms with Crippen molar-refractivity contribution in [3.8, 4) is 6.07 Å². The highest BCUT2D eigenvalue weighted by molar-refractivity contribution is 7.93. The molecule has 2 aromatic heterocycles. The first kappa shape index (κ1) is 23.5. The molecular formula is C23H29N3O3S2. The number of hydrogen-bond donors (Lipinski definition) is 0. The van der Waals surface area contributed by atoms with E-state index in [1.54, 1.807) is 19.2 Å². The molecule has 0 bridgehead atoms. The molecule has 31 heavy (non-hydrogen) atoms. The molecule has 6 nitrogen and oxygen atoms in total. The fourth-order valence-electron chi connectivity index (χ4n) is 3.64. The highest BCUT2D eigenvalue weighted by Crippen LogP contribution is 2.32. The summed E-state index contributed by atoms with van der Waals surface area (Å²) in [5.41, 5.74) is 1.42. The van der Waals surface area contributed by atoms with Crippen LogP contribution in [0.4, 0.5) is 0 Å². The number of nitrogens with zero attached hydrogens (tertiary/aromatic N) is 3. The summed E-state index contributed by atoms with van der Waals surface area (Å²) in [7, 11) is -1.98. The molecule has 0 aliphatic rings. The largest absolute Gasteiger partial charge is 0.385 e. The molecule has 1 unspecified atom stereocenters. The fourth-order valence-corrected chi connectivity index (χ4v) is 6.17. The molecular weight excluding hydrogens is 430 g/mol. The van der Waals surface area contributed by atoms with Crippen LogP contribution in [0.3, 0.4) is 0 Å². The van der Waals surface area contributed by atoms with Crippen LogP contribution in [0.2, 0.25) is 0 Å². The van der Waals surface area contributed by atoms with E-state index in [9.17, 15) is 8.42 Å². The van der Waals surface area contributed by atoms with Gasteiger partial charge in [0.25, 0.3) is 0 Å². The van der Waals surface area contributed by atoms with Gasteiger partial charge < -0.3 is 9.30 Å². The van der Waals surface area contributed by atoms with E-state index in [0.29, 0.717) is 22.9 Å². The second-order valence-electron chi connectivity index (χ2n) is 8.74. The number of hydrogen-bond acceptors (Lipinski definition) is 6. The Morgan fingerprint density at radius 3 is 2.58 bits per heavy atom. The summed E-state index contributed by atoms with van der Waals surface area (Å²) in [6.07, 6.45) is 1.99. The van der Waals surface area contributed by atoms with Gasteiger partial charge in [-0.25, -0.2) is 13.4 Å². The summed E-state index contributed by atoms with van der Waals surface area (Å²) in [4.78, 5) is 5.43. The van der Waals surface area contributed by atoms with Crippen molar-refractivity contribution in [2.45, 2.75) is 61.6 Å². The molecule has 0 amide bonds. The third-order valence-corrected chi connectivity index (χ3v) is 8.64. The Balaban J connectivity index is 2.08. The van der Waals surface area contributed by atoms with Crippen LogP contribution in [0.15, 0.2) is 39.4 Å². The number of fused-ring (bicyclic) bond motifs is 1. The lowest BCUT2D eigenvalue weighted by Gasteiger charge is -2.23. The minimum Gasteiger partial charge on any atom is -0.385 e. The summed E-state index contributed by atoms with van der Waals surface area (Å²) in [5.74, 6) is 1.38. The zero-order valence-electron chi connectivity index (χ0n) is 18.7. The second kappa shape index (κ2) is 9.11. The van der Waals surface area contributed by atoms with E-state index in [1.165, 1.54) is 12.1 Å². The van der Waals surface area contributed by atoms with Crippen molar-refractivity contribution in [3.63, 3.8) is 0 Å². The lowest BCUT2D eigenvalue weighted by Crippen LogP contribution is -2.22. The maximum Gasteiger partial charge on any atom is 0.216 e. The van der Waals surface area contributed by atoms with Crippen LogP contribution in [0, 0.1) is 17.2 Å². The average molecular weight is 460 g/mol. The van der Waals surface area contributed by atoms with Crippen molar-refractivity contribution in [2.24, 2.45) is 5.92 Å². The lowest BCUT2D eigenvalue weighted by atomic mass is 9.95. The molecule has 0 saturated heterocycles. The van der Waals surface area contributed by atoms with Crippen molar-refractivity contribution in [3.05, 3.63) is 41.0 Å². The summed E-state index contributed by atoms with van der Waals surface area (Å²) in [5, 5.41) is 9.03. The van der Waals surface area contributed by atoms with E-state index in [-0.39, 0.29) is 14.5 Å². The summed E-state index contributed by atoms with van der Waals surface area (Å²) in [6.45, 7) is 10.1. The fraction of sp³-hybridized carbons (Fsp3) is 0.478. The molecule has 0 fully saturated rings. The number of aromatic nitrogens is 2. The minimum atomic E-state index is -3.70. The van der Waals surface area contributed by atoms with E-state index in [0.717, 1.165) is 42.1 Å². The van der Waals surface area contributed by atoms with E-state index in [2.05, 4.69) is 32.3 Å². The first-order valence-electron chi connectivity index (χ1n) is 10.4. The van der Waals surface area contributed by atoms with Crippen molar-refractivity contribution >= 4 is 32.2 Å². The molecule has 1 aromatic carbocycles. The van der Waals surface area contributed by atoms with Crippen molar-refractivity contribution < 1.29 is 13.2 Å².